The van der Waals surface area contributed by atoms with Crippen LogP contribution in [0.1, 0.15) is 45.1 Å². The molecule has 0 aromatic heterocycles. The molecule has 0 aliphatic carbocycles. The molecule has 1 heterocycles. The number of hydrogen-bond acceptors (Lipinski definition) is 2. The van der Waals surface area contributed by atoms with E-state index in [-0.39, 0.29) is 5.82 Å². The van der Waals surface area contributed by atoms with Crippen molar-refractivity contribution in [2.45, 2.75) is 58.0 Å². The van der Waals surface area contributed by atoms with Crippen molar-refractivity contribution >= 4 is 0 Å². The van der Waals surface area contributed by atoms with Crippen LogP contribution in [0.3, 0.4) is 0 Å². The van der Waals surface area contributed by atoms with Crippen LogP contribution in [0.2, 0.25) is 0 Å². The van der Waals surface area contributed by atoms with Crippen LogP contribution in [0.15, 0.2) is 24.3 Å². The Morgan fingerprint density at radius 1 is 1.29 bits per heavy atom. The third-order valence-corrected chi connectivity index (χ3v) is 4.45. The molecule has 1 fully saturated rings. The first kappa shape index (κ1) is 16.4. The van der Waals surface area contributed by atoms with Crippen LogP contribution in [-0.4, -0.2) is 36.6 Å². The van der Waals surface area contributed by atoms with E-state index in [4.69, 9.17) is 0 Å². The van der Waals surface area contributed by atoms with Gasteiger partial charge in [-0.3, -0.25) is 4.90 Å². The van der Waals surface area contributed by atoms with Gasteiger partial charge in [0.05, 0.1) is 0 Å². The molecule has 3 heteroatoms. The molecule has 1 aliphatic rings. The van der Waals surface area contributed by atoms with Crippen molar-refractivity contribution in [3.63, 3.8) is 0 Å². The molecule has 0 amide bonds. The number of piperidine rings is 1. The average Bonchev–Trinajstić information content (AvgIpc) is 2.50. The van der Waals surface area contributed by atoms with Gasteiger partial charge in [0, 0.05) is 18.6 Å². The van der Waals surface area contributed by atoms with Crippen LogP contribution in [0.4, 0.5) is 4.39 Å². The highest BCUT2D eigenvalue weighted by molar-refractivity contribution is 5.17. The monoisotopic (exact) mass is 292 g/mol. The van der Waals surface area contributed by atoms with E-state index in [0.717, 1.165) is 26.1 Å². The van der Waals surface area contributed by atoms with Crippen molar-refractivity contribution < 1.29 is 4.39 Å². The first-order valence-corrected chi connectivity index (χ1v) is 8.41. The summed E-state index contributed by atoms with van der Waals surface area (Å²) in [5.41, 5.74) is 1.22. The minimum absolute atomic E-state index is 0.150. The Balaban J connectivity index is 1.90. The van der Waals surface area contributed by atoms with E-state index < -0.39 is 0 Å². The lowest BCUT2D eigenvalue weighted by Gasteiger charge is -2.34. The number of hydrogen-bond donors (Lipinski definition) is 1. The molecule has 1 aliphatic heterocycles. The fraction of sp³-hybridized carbons (Fsp3) is 0.667. The topological polar surface area (TPSA) is 15.3 Å². The summed E-state index contributed by atoms with van der Waals surface area (Å²) in [6, 6.07) is 8.09. The van der Waals surface area contributed by atoms with Crippen LogP contribution in [0.25, 0.3) is 0 Å². The first-order valence-electron chi connectivity index (χ1n) is 8.41. The normalized spacial score (nSPS) is 20.7. The van der Waals surface area contributed by atoms with E-state index in [1.54, 1.807) is 12.1 Å². The van der Waals surface area contributed by atoms with E-state index in [0.29, 0.717) is 12.1 Å². The van der Waals surface area contributed by atoms with Crippen molar-refractivity contribution in [1.29, 1.82) is 0 Å². The van der Waals surface area contributed by atoms with Gasteiger partial charge in [-0.25, -0.2) is 4.39 Å². The highest BCUT2D eigenvalue weighted by Crippen LogP contribution is 2.14. The highest BCUT2D eigenvalue weighted by atomic mass is 19.1. The molecule has 0 saturated carbocycles. The first-order chi connectivity index (χ1) is 10.2. The van der Waals surface area contributed by atoms with E-state index >= 15 is 0 Å². The molecular formula is C18H29FN2. The molecule has 1 aromatic carbocycles. The Hall–Kier alpha value is -0.930. The predicted octanol–water partition coefficient (Wildman–Crippen LogP) is 3.61. The Kier molecular flexibility index (Phi) is 6.65. The smallest absolute Gasteiger partial charge is 0.123 e. The summed E-state index contributed by atoms with van der Waals surface area (Å²) in [6.07, 6.45) is 6.14. The summed E-state index contributed by atoms with van der Waals surface area (Å²) >= 11 is 0. The molecule has 0 radical (unpaired) electrons. The third-order valence-electron chi connectivity index (χ3n) is 4.45. The third kappa shape index (κ3) is 5.40. The lowest BCUT2D eigenvalue weighted by molar-refractivity contribution is 0.174. The average molecular weight is 292 g/mol. The summed E-state index contributed by atoms with van der Waals surface area (Å²) in [7, 11) is 0. The minimum atomic E-state index is -0.150. The number of nitrogens with zero attached hydrogens (tertiary/aromatic N) is 1. The zero-order valence-electron chi connectivity index (χ0n) is 13.4. The quantitative estimate of drug-likeness (QED) is 0.826. The molecule has 2 atom stereocenters. The predicted molar refractivity (Wildman–Crippen MR) is 87.1 cm³/mol. The summed E-state index contributed by atoms with van der Waals surface area (Å²) in [5.74, 6) is -0.150. The van der Waals surface area contributed by atoms with Gasteiger partial charge in [-0.1, -0.05) is 25.5 Å². The molecule has 118 valence electrons. The van der Waals surface area contributed by atoms with E-state index in [9.17, 15) is 4.39 Å². The molecular weight excluding hydrogens is 263 g/mol. The van der Waals surface area contributed by atoms with Crippen molar-refractivity contribution in [2.24, 2.45) is 0 Å². The highest BCUT2D eigenvalue weighted by Gasteiger charge is 2.20. The van der Waals surface area contributed by atoms with E-state index in [1.165, 1.54) is 31.2 Å². The van der Waals surface area contributed by atoms with Crippen LogP contribution < -0.4 is 5.32 Å². The van der Waals surface area contributed by atoms with Gasteiger partial charge >= 0.3 is 0 Å². The van der Waals surface area contributed by atoms with Crippen LogP contribution in [0.5, 0.6) is 0 Å². The molecule has 0 bridgehead atoms. The Bertz CT molecular complexity index is 398. The number of rotatable bonds is 7. The number of halogens is 1. The molecule has 1 aromatic rings. The van der Waals surface area contributed by atoms with E-state index in [2.05, 4.69) is 24.1 Å². The maximum Gasteiger partial charge on any atom is 0.123 e. The zero-order valence-corrected chi connectivity index (χ0v) is 13.4. The van der Waals surface area contributed by atoms with Crippen molar-refractivity contribution in [3.8, 4) is 0 Å². The van der Waals surface area contributed by atoms with Crippen LogP contribution in [-0.2, 0) is 6.42 Å². The zero-order chi connectivity index (χ0) is 15.1. The van der Waals surface area contributed by atoms with Gasteiger partial charge < -0.3 is 5.32 Å². The van der Waals surface area contributed by atoms with Crippen LogP contribution >= 0.6 is 0 Å². The molecule has 2 nitrogen and oxygen atoms in total. The van der Waals surface area contributed by atoms with Crippen molar-refractivity contribution in [1.82, 2.24) is 10.2 Å². The molecule has 21 heavy (non-hydrogen) atoms. The Morgan fingerprint density at radius 2 is 2.05 bits per heavy atom. The molecule has 2 rings (SSSR count). The molecule has 1 N–H and O–H groups in total. The lowest BCUT2D eigenvalue weighted by atomic mass is 10.0. The summed E-state index contributed by atoms with van der Waals surface area (Å²) in [6.45, 7) is 7.97. The number of benzene rings is 1. The largest absolute Gasteiger partial charge is 0.313 e. The summed E-state index contributed by atoms with van der Waals surface area (Å²) < 4.78 is 13.0. The Morgan fingerprint density at radius 3 is 2.67 bits per heavy atom. The lowest BCUT2D eigenvalue weighted by Crippen LogP contribution is -2.47. The molecule has 1 saturated heterocycles. The van der Waals surface area contributed by atoms with Gasteiger partial charge in [-0.2, -0.15) is 0 Å². The van der Waals surface area contributed by atoms with Crippen LogP contribution in [0, 0.1) is 5.82 Å². The maximum absolute atomic E-state index is 13.0. The number of nitrogens with one attached hydrogen (secondary N) is 1. The van der Waals surface area contributed by atoms with Crippen molar-refractivity contribution in [2.75, 3.05) is 19.6 Å². The molecule has 0 spiro atoms. The second-order valence-electron chi connectivity index (χ2n) is 6.32. The Labute approximate surface area is 128 Å². The standard InChI is InChI=1S/C18H29FN2/c1-3-12-21(14-18-6-4-5-11-20-18)15(2)13-16-7-9-17(19)10-8-16/h7-10,15,18,20H,3-6,11-14H2,1-2H3. The minimum Gasteiger partial charge on any atom is -0.313 e. The van der Waals surface area contributed by atoms with Gasteiger partial charge in [0.1, 0.15) is 5.82 Å². The SMILES string of the molecule is CCCN(CC1CCCCN1)C(C)Cc1ccc(F)cc1. The van der Waals surface area contributed by atoms with E-state index in [1.807, 2.05) is 12.1 Å². The molecule has 2 unspecified atom stereocenters. The van der Waals surface area contributed by atoms with Gasteiger partial charge in [0.15, 0.2) is 0 Å². The second kappa shape index (κ2) is 8.50. The second-order valence-corrected chi connectivity index (χ2v) is 6.32. The van der Waals surface area contributed by atoms with Gasteiger partial charge in [0.2, 0.25) is 0 Å². The van der Waals surface area contributed by atoms with Gasteiger partial charge in [0.25, 0.3) is 0 Å². The van der Waals surface area contributed by atoms with Crippen molar-refractivity contribution in [3.05, 3.63) is 35.6 Å². The fourth-order valence-corrected chi connectivity index (χ4v) is 3.23. The van der Waals surface area contributed by atoms with Gasteiger partial charge in [-0.05, 0) is 63.4 Å². The summed E-state index contributed by atoms with van der Waals surface area (Å²) in [4.78, 5) is 2.59. The summed E-state index contributed by atoms with van der Waals surface area (Å²) in [5, 5.41) is 3.64. The maximum atomic E-state index is 13.0. The van der Waals surface area contributed by atoms with Gasteiger partial charge in [-0.15, -0.1) is 0 Å². The fourth-order valence-electron chi connectivity index (χ4n) is 3.23.